The molecule has 5 heteroatoms. The largest absolute Gasteiger partial charge is 0.445 e. The second kappa shape index (κ2) is 7.78. The zero-order valence-electron chi connectivity index (χ0n) is 12.3. The van der Waals surface area contributed by atoms with Crippen molar-refractivity contribution >= 4 is 11.9 Å². The lowest BCUT2D eigenvalue weighted by Gasteiger charge is -2.31. The molecule has 0 N–H and O–H groups in total. The van der Waals surface area contributed by atoms with Gasteiger partial charge in [0, 0.05) is 13.1 Å². The molecule has 1 aliphatic rings. The monoisotopic (exact) mass is 291 g/mol. The van der Waals surface area contributed by atoms with E-state index in [4.69, 9.17) is 9.47 Å². The Kier molecular flexibility index (Phi) is 5.75. The standard InChI is InChI=1S/C16H21NO4/c1-13(18)11-20-15-7-9-17(10-8-15)16(19)21-12-14-5-3-2-4-6-14/h2-6,15H,7-12H2,1H3. The molecule has 2 rings (SSSR count). The summed E-state index contributed by atoms with van der Waals surface area (Å²) in [5.41, 5.74) is 0.977. The smallest absolute Gasteiger partial charge is 0.410 e. The van der Waals surface area contributed by atoms with Crippen LogP contribution in [-0.2, 0) is 20.9 Å². The number of hydrogen-bond donors (Lipinski definition) is 0. The number of carbonyl (C=O) groups excluding carboxylic acids is 2. The van der Waals surface area contributed by atoms with Crippen molar-refractivity contribution in [1.82, 2.24) is 4.90 Å². The normalized spacial score (nSPS) is 15.8. The average Bonchev–Trinajstić information content (AvgIpc) is 2.52. The maximum atomic E-state index is 12.0. The molecule has 0 saturated carbocycles. The van der Waals surface area contributed by atoms with Crippen molar-refractivity contribution in [2.24, 2.45) is 0 Å². The van der Waals surface area contributed by atoms with Gasteiger partial charge in [0.2, 0.25) is 0 Å². The predicted octanol–water partition coefficient (Wildman–Crippen LogP) is 2.39. The summed E-state index contributed by atoms with van der Waals surface area (Å²) in [6.45, 7) is 3.17. The lowest BCUT2D eigenvalue weighted by molar-refractivity contribution is -0.124. The van der Waals surface area contributed by atoms with E-state index >= 15 is 0 Å². The summed E-state index contributed by atoms with van der Waals surface area (Å²) in [5, 5.41) is 0. The van der Waals surface area contributed by atoms with Gasteiger partial charge in [-0.15, -0.1) is 0 Å². The van der Waals surface area contributed by atoms with Crippen molar-refractivity contribution < 1.29 is 19.1 Å². The summed E-state index contributed by atoms with van der Waals surface area (Å²) in [7, 11) is 0. The molecule has 0 radical (unpaired) electrons. The molecule has 1 fully saturated rings. The van der Waals surface area contributed by atoms with Crippen LogP contribution < -0.4 is 0 Å². The van der Waals surface area contributed by atoms with Gasteiger partial charge >= 0.3 is 6.09 Å². The Bertz CT molecular complexity index is 466. The van der Waals surface area contributed by atoms with Crippen molar-refractivity contribution in [3.8, 4) is 0 Å². The molecule has 0 spiro atoms. The fourth-order valence-corrected chi connectivity index (χ4v) is 2.25. The van der Waals surface area contributed by atoms with Gasteiger partial charge in [0.1, 0.15) is 13.2 Å². The summed E-state index contributed by atoms with van der Waals surface area (Å²) in [4.78, 5) is 24.5. The van der Waals surface area contributed by atoms with Crippen molar-refractivity contribution in [2.75, 3.05) is 19.7 Å². The van der Waals surface area contributed by atoms with Gasteiger partial charge in [0.25, 0.3) is 0 Å². The van der Waals surface area contributed by atoms with Crippen LogP contribution >= 0.6 is 0 Å². The zero-order chi connectivity index (χ0) is 15.1. The van der Waals surface area contributed by atoms with Crippen LogP contribution in [-0.4, -0.2) is 42.6 Å². The first-order valence-corrected chi connectivity index (χ1v) is 7.22. The minimum Gasteiger partial charge on any atom is -0.445 e. The number of Topliss-reactive ketones (excluding diaryl/α,β-unsaturated/α-hetero) is 1. The molecular weight excluding hydrogens is 270 g/mol. The minimum atomic E-state index is -0.288. The van der Waals surface area contributed by atoms with Crippen LogP contribution in [0.4, 0.5) is 4.79 Å². The van der Waals surface area contributed by atoms with E-state index in [0.29, 0.717) is 19.7 Å². The number of piperidine rings is 1. The van der Waals surface area contributed by atoms with Crippen molar-refractivity contribution in [3.05, 3.63) is 35.9 Å². The SMILES string of the molecule is CC(=O)COC1CCN(C(=O)OCc2ccccc2)CC1. The Labute approximate surface area is 124 Å². The average molecular weight is 291 g/mol. The molecule has 1 amide bonds. The molecule has 1 aliphatic heterocycles. The van der Waals surface area contributed by atoms with Crippen molar-refractivity contribution in [2.45, 2.75) is 32.5 Å². The third kappa shape index (κ3) is 5.19. The maximum Gasteiger partial charge on any atom is 0.410 e. The molecule has 5 nitrogen and oxygen atoms in total. The van der Waals surface area contributed by atoms with Crippen LogP contribution in [0.1, 0.15) is 25.3 Å². The number of rotatable bonds is 5. The van der Waals surface area contributed by atoms with Crippen LogP contribution in [0.2, 0.25) is 0 Å². The fourth-order valence-electron chi connectivity index (χ4n) is 2.25. The maximum absolute atomic E-state index is 12.0. The Hall–Kier alpha value is -1.88. The van der Waals surface area contributed by atoms with E-state index in [1.54, 1.807) is 4.90 Å². The van der Waals surface area contributed by atoms with E-state index in [-0.39, 0.29) is 24.6 Å². The molecule has 0 unspecified atom stereocenters. The van der Waals surface area contributed by atoms with E-state index in [1.165, 1.54) is 6.92 Å². The summed E-state index contributed by atoms with van der Waals surface area (Å²) >= 11 is 0. The quantitative estimate of drug-likeness (QED) is 0.836. The second-order valence-electron chi connectivity index (χ2n) is 5.24. The van der Waals surface area contributed by atoms with Crippen LogP contribution in [0, 0.1) is 0 Å². The summed E-state index contributed by atoms with van der Waals surface area (Å²) < 4.78 is 10.8. The highest BCUT2D eigenvalue weighted by Crippen LogP contribution is 2.15. The summed E-state index contributed by atoms with van der Waals surface area (Å²) in [6.07, 6.45) is 1.26. The van der Waals surface area contributed by atoms with Gasteiger partial charge in [-0.25, -0.2) is 4.79 Å². The molecule has 1 heterocycles. The molecule has 0 aromatic heterocycles. The van der Waals surface area contributed by atoms with Crippen molar-refractivity contribution in [1.29, 1.82) is 0 Å². The highest BCUT2D eigenvalue weighted by molar-refractivity contribution is 5.76. The fraction of sp³-hybridized carbons (Fsp3) is 0.500. The molecule has 1 aromatic rings. The second-order valence-corrected chi connectivity index (χ2v) is 5.24. The third-order valence-corrected chi connectivity index (χ3v) is 3.43. The van der Waals surface area contributed by atoms with Gasteiger partial charge in [-0.2, -0.15) is 0 Å². The predicted molar refractivity (Wildman–Crippen MR) is 77.9 cm³/mol. The number of benzene rings is 1. The van der Waals surface area contributed by atoms with E-state index in [1.807, 2.05) is 30.3 Å². The molecule has 1 saturated heterocycles. The molecule has 0 bridgehead atoms. The molecule has 21 heavy (non-hydrogen) atoms. The van der Waals surface area contributed by atoms with Crippen LogP contribution in [0.25, 0.3) is 0 Å². The van der Waals surface area contributed by atoms with Gasteiger partial charge in [-0.3, -0.25) is 4.79 Å². The lowest BCUT2D eigenvalue weighted by atomic mass is 10.1. The molecule has 0 aliphatic carbocycles. The minimum absolute atomic E-state index is 0.0275. The lowest BCUT2D eigenvalue weighted by Crippen LogP contribution is -2.41. The number of nitrogens with zero attached hydrogens (tertiary/aromatic N) is 1. The van der Waals surface area contributed by atoms with Crippen molar-refractivity contribution in [3.63, 3.8) is 0 Å². The Morgan fingerprint density at radius 3 is 2.48 bits per heavy atom. The Morgan fingerprint density at radius 2 is 1.86 bits per heavy atom. The first kappa shape index (κ1) is 15.5. The van der Waals surface area contributed by atoms with Crippen LogP contribution in [0.3, 0.4) is 0 Å². The Morgan fingerprint density at radius 1 is 1.19 bits per heavy atom. The first-order chi connectivity index (χ1) is 10.1. The Balaban J connectivity index is 1.69. The van der Waals surface area contributed by atoms with Crippen LogP contribution in [0.5, 0.6) is 0 Å². The van der Waals surface area contributed by atoms with Crippen LogP contribution in [0.15, 0.2) is 30.3 Å². The topological polar surface area (TPSA) is 55.8 Å². The van der Waals surface area contributed by atoms with Gasteiger partial charge in [0.15, 0.2) is 5.78 Å². The van der Waals surface area contributed by atoms with E-state index in [0.717, 1.165) is 18.4 Å². The number of amides is 1. The van der Waals surface area contributed by atoms with E-state index in [2.05, 4.69) is 0 Å². The number of ketones is 1. The highest BCUT2D eigenvalue weighted by atomic mass is 16.6. The summed E-state index contributed by atoms with van der Waals surface area (Å²) in [6, 6.07) is 9.61. The number of ether oxygens (including phenoxy) is 2. The zero-order valence-corrected chi connectivity index (χ0v) is 12.3. The van der Waals surface area contributed by atoms with E-state index in [9.17, 15) is 9.59 Å². The molecular formula is C16H21NO4. The number of carbonyl (C=O) groups is 2. The summed E-state index contributed by atoms with van der Waals surface area (Å²) in [5.74, 6) is 0.0275. The van der Waals surface area contributed by atoms with Gasteiger partial charge in [-0.1, -0.05) is 30.3 Å². The number of likely N-dealkylation sites (tertiary alicyclic amines) is 1. The van der Waals surface area contributed by atoms with E-state index < -0.39 is 0 Å². The number of hydrogen-bond acceptors (Lipinski definition) is 4. The molecule has 114 valence electrons. The highest BCUT2D eigenvalue weighted by Gasteiger charge is 2.24. The molecule has 0 atom stereocenters. The molecule has 1 aromatic carbocycles. The van der Waals surface area contributed by atoms with Gasteiger partial charge in [0.05, 0.1) is 6.10 Å². The van der Waals surface area contributed by atoms with Gasteiger partial charge in [-0.05, 0) is 25.3 Å². The van der Waals surface area contributed by atoms with Gasteiger partial charge < -0.3 is 14.4 Å². The third-order valence-electron chi connectivity index (χ3n) is 3.43. The first-order valence-electron chi connectivity index (χ1n) is 7.22.